The maximum absolute atomic E-state index is 12.9. The van der Waals surface area contributed by atoms with E-state index in [-0.39, 0.29) is 12.0 Å². The van der Waals surface area contributed by atoms with Crippen LogP contribution in [0.3, 0.4) is 0 Å². The van der Waals surface area contributed by atoms with Crippen LogP contribution in [0.25, 0.3) is 0 Å². The molecule has 6 nitrogen and oxygen atoms in total. The first-order chi connectivity index (χ1) is 13.5. The number of rotatable bonds is 7. The zero-order valence-corrected chi connectivity index (χ0v) is 17.2. The van der Waals surface area contributed by atoms with Crippen molar-refractivity contribution >= 4 is 17.4 Å². The minimum absolute atomic E-state index is 0.207. The topological polar surface area (TPSA) is 76.1 Å². The van der Waals surface area contributed by atoms with Gasteiger partial charge in [0.2, 0.25) is 0 Å². The fourth-order valence-corrected chi connectivity index (χ4v) is 3.47. The summed E-state index contributed by atoms with van der Waals surface area (Å²) in [6.07, 6.45) is 3.77. The first-order valence-corrected chi connectivity index (χ1v) is 10.1. The molecular formula is C22H30N4O2. The largest absolute Gasteiger partial charge is 0.376 e. The molecule has 2 aromatic rings. The van der Waals surface area contributed by atoms with Crippen LogP contribution in [0.15, 0.2) is 30.6 Å². The lowest BCUT2D eigenvalue weighted by Gasteiger charge is -2.20. The van der Waals surface area contributed by atoms with Crippen molar-refractivity contribution in [1.82, 2.24) is 9.97 Å². The molecule has 2 N–H and O–H groups in total. The first kappa shape index (κ1) is 20.3. The molecule has 1 amide bonds. The second-order valence-corrected chi connectivity index (χ2v) is 7.88. The highest BCUT2D eigenvalue weighted by Crippen LogP contribution is 2.32. The molecule has 1 atom stereocenters. The number of hydrogen-bond donors (Lipinski definition) is 2. The zero-order valence-electron chi connectivity index (χ0n) is 17.2. The van der Waals surface area contributed by atoms with Crippen molar-refractivity contribution in [3.8, 4) is 0 Å². The molecule has 2 heterocycles. The molecule has 0 bridgehead atoms. The highest BCUT2D eigenvalue weighted by Gasteiger charge is 2.19. The Bertz CT molecular complexity index is 788. The molecule has 1 fully saturated rings. The van der Waals surface area contributed by atoms with Crippen molar-refractivity contribution in [3.05, 3.63) is 47.4 Å². The van der Waals surface area contributed by atoms with E-state index in [1.54, 1.807) is 6.07 Å². The zero-order chi connectivity index (χ0) is 20.1. The van der Waals surface area contributed by atoms with Crippen molar-refractivity contribution in [1.29, 1.82) is 0 Å². The summed E-state index contributed by atoms with van der Waals surface area (Å²) < 4.78 is 5.62. The molecule has 1 aromatic carbocycles. The molecule has 6 heteroatoms. The van der Waals surface area contributed by atoms with Gasteiger partial charge in [0.15, 0.2) is 0 Å². The number of hydrogen-bond acceptors (Lipinski definition) is 5. The van der Waals surface area contributed by atoms with Crippen LogP contribution in [0.1, 0.15) is 74.0 Å². The van der Waals surface area contributed by atoms with Crippen LogP contribution >= 0.6 is 0 Å². The molecular weight excluding hydrogens is 352 g/mol. The molecule has 1 aromatic heterocycles. The molecule has 1 unspecified atom stereocenters. The average molecular weight is 383 g/mol. The van der Waals surface area contributed by atoms with Gasteiger partial charge < -0.3 is 15.4 Å². The summed E-state index contributed by atoms with van der Waals surface area (Å²) in [5, 5.41) is 6.35. The number of anilines is 2. The minimum Gasteiger partial charge on any atom is -0.376 e. The Morgan fingerprint density at radius 3 is 2.50 bits per heavy atom. The number of amides is 1. The van der Waals surface area contributed by atoms with E-state index in [0.717, 1.165) is 36.3 Å². The smallest absolute Gasteiger partial charge is 0.274 e. The average Bonchev–Trinajstić information content (AvgIpc) is 3.20. The third-order valence-electron chi connectivity index (χ3n) is 5.05. The van der Waals surface area contributed by atoms with Crippen LogP contribution in [-0.4, -0.2) is 35.1 Å². The molecule has 3 rings (SSSR count). The van der Waals surface area contributed by atoms with E-state index >= 15 is 0 Å². The summed E-state index contributed by atoms with van der Waals surface area (Å²) in [4.78, 5) is 21.3. The van der Waals surface area contributed by atoms with Gasteiger partial charge in [0, 0.05) is 24.9 Å². The number of aromatic nitrogens is 2. The van der Waals surface area contributed by atoms with E-state index in [2.05, 4.69) is 66.5 Å². The van der Waals surface area contributed by atoms with Gasteiger partial charge in [-0.25, -0.2) is 9.97 Å². The fraction of sp³-hybridized carbons (Fsp3) is 0.500. The van der Waals surface area contributed by atoms with E-state index in [0.29, 0.717) is 29.9 Å². The summed E-state index contributed by atoms with van der Waals surface area (Å²) in [7, 11) is 0. The SMILES string of the molecule is CC(C)c1cccc(C(C)C)c1NC(=O)c1cc(NCC2CCCO2)ncn1. The number of para-hydroxylation sites is 1. The lowest BCUT2D eigenvalue weighted by atomic mass is 9.92. The van der Waals surface area contributed by atoms with Crippen molar-refractivity contribution in [2.24, 2.45) is 0 Å². The van der Waals surface area contributed by atoms with Crippen LogP contribution in [0.5, 0.6) is 0 Å². The number of ether oxygens (including phenoxy) is 1. The van der Waals surface area contributed by atoms with E-state index in [1.165, 1.54) is 6.33 Å². The van der Waals surface area contributed by atoms with E-state index in [9.17, 15) is 4.79 Å². The van der Waals surface area contributed by atoms with Gasteiger partial charge in [-0.3, -0.25) is 4.79 Å². The minimum atomic E-state index is -0.224. The lowest BCUT2D eigenvalue weighted by Crippen LogP contribution is -2.20. The molecule has 0 aliphatic carbocycles. The van der Waals surface area contributed by atoms with Crippen molar-refractivity contribution in [2.75, 3.05) is 23.8 Å². The number of benzene rings is 1. The maximum atomic E-state index is 12.9. The Labute approximate surface area is 167 Å². The molecule has 28 heavy (non-hydrogen) atoms. The Morgan fingerprint density at radius 2 is 1.89 bits per heavy atom. The van der Waals surface area contributed by atoms with Crippen LogP contribution < -0.4 is 10.6 Å². The molecule has 0 saturated carbocycles. The van der Waals surface area contributed by atoms with Gasteiger partial charge in [0.1, 0.15) is 17.8 Å². The lowest BCUT2D eigenvalue weighted by molar-refractivity contribution is 0.102. The van der Waals surface area contributed by atoms with Gasteiger partial charge in [-0.1, -0.05) is 45.9 Å². The standard InChI is InChI=1S/C22H30N4O2/c1-14(2)17-8-5-9-18(15(3)4)21(17)26-22(27)19-11-20(25-13-24-19)23-12-16-7-6-10-28-16/h5,8-9,11,13-16H,6-7,10,12H2,1-4H3,(H,26,27)(H,23,24,25). The maximum Gasteiger partial charge on any atom is 0.274 e. The van der Waals surface area contributed by atoms with Gasteiger partial charge in [0.25, 0.3) is 5.91 Å². The first-order valence-electron chi connectivity index (χ1n) is 10.1. The Hall–Kier alpha value is -2.47. The quantitative estimate of drug-likeness (QED) is 0.734. The third-order valence-corrected chi connectivity index (χ3v) is 5.05. The second kappa shape index (κ2) is 9.15. The number of nitrogens with one attached hydrogen (secondary N) is 2. The highest BCUT2D eigenvalue weighted by molar-refractivity contribution is 6.04. The highest BCUT2D eigenvalue weighted by atomic mass is 16.5. The third kappa shape index (κ3) is 4.87. The van der Waals surface area contributed by atoms with E-state index in [1.807, 2.05) is 0 Å². The van der Waals surface area contributed by atoms with Gasteiger partial charge >= 0.3 is 0 Å². The number of carbonyl (C=O) groups is 1. The molecule has 1 saturated heterocycles. The molecule has 150 valence electrons. The normalized spacial score (nSPS) is 16.6. The monoisotopic (exact) mass is 382 g/mol. The Kier molecular flexibility index (Phi) is 6.62. The predicted molar refractivity (Wildman–Crippen MR) is 112 cm³/mol. The van der Waals surface area contributed by atoms with Gasteiger partial charge in [-0.2, -0.15) is 0 Å². The number of nitrogens with zero attached hydrogens (tertiary/aromatic N) is 2. The number of carbonyl (C=O) groups excluding carboxylic acids is 1. The van der Waals surface area contributed by atoms with Crippen LogP contribution in [-0.2, 0) is 4.74 Å². The van der Waals surface area contributed by atoms with Gasteiger partial charge in [0.05, 0.1) is 6.10 Å². The van der Waals surface area contributed by atoms with Crippen LogP contribution in [0.2, 0.25) is 0 Å². The molecule has 1 aliphatic heterocycles. The summed E-state index contributed by atoms with van der Waals surface area (Å²) in [6.45, 7) is 10.0. The van der Waals surface area contributed by atoms with Crippen LogP contribution in [0, 0.1) is 0 Å². The summed E-state index contributed by atoms with van der Waals surface area (Å²) >= 11 is 0. The fourth-order valence-electron chi connectivity index (χ4n) is 3.47. The van der Waals surface area contributed by atoms with Crippen molar-refractivity contribution in [2.45, 2.75) is 58.5 Å². The summed E-state index contributed by atoms with van der Waals surface area (Å²) in [5.74, 6) is 1.03. The molecule has 0 spiro atoms. The molecule has 0 radical (unpaired) electrons. The van der Waals surface area contributed by atoms with Crippen molar-refractivity contribution < 1.29 is 9.53 Å². The predicted octanol–water partition coefficient (Wildman–Crippen LogP) is 4.57. The summed E-state index contributed by atoms with van der Waals surface area (Å²) in [5.41, 5.74) is 3.50. The van der Waals surface area contributed by atoms with Crippen molar-refractivity contribution in [3.63, 3.8) is 0 Å². The second-order valence-electron chi connectivity index (χ2n) is 7.88. The van der Waals surface area contributed by atoms with Gasteiger partial charge in [-0.05, 0) is 35.8 Å². The summed E-state index contributed by atoms with van der Waals surface area (Å²) in [6, 6.07) is 7.89. The Balaban J connectivity index is 1.77. The van der Waals surface area contributed by atoms with Gasteiger partial charge in [-0.15, -0.1) is 0 Å². The van der Waals surface area contributed by atoms with E-state index < -0.39 is 0 Å². The Morgan fingerprint density at radius 1 is 1.18 bits per heavy atom. The van der Waals surface area contributed by atoms with Crippen LogP contribution in [0.4, 0.5) is 11.5 Å². The van der Waals surface area contributed by atoms with E-state index in [4.69, 9.17) is 4.74 Å². The molecule has 1 aliphatic rings.